The van der Waals surface area contributed by atoms with E-state index in [2.05, 4.69) is 45.0 Å². The van der Waals surface area contributed by atoms with E-state index >= 15 is 0 Å². The highest BCUT2D eigenvalue weighted by atomic mass is 16.3. The first-order chi connectivity index (χ1) is 11.6. The molecule has 0 radical (unpaired) electrons. The van der Waals surface area contributed by atoms with Gasteiger partial charge in [-0.15, -0.1) is 0 Å². The van der Waals surface area contributed by atoms with Gasteiger partial charge in [0.05, 0.1) is 16.9 Å². The molecule has 0 atom stereocenters. The SMILES string of the molecule is CCCCc1nn(-c2ccc(C)cc2)c(O)c1-c1ccc(C)cc1. The summed E-state index contributed by atoms with van der Waals surface area (Å²) in [6.07, 6.45) is 3.03. The van der Waals surface area contributed by atoms with Crippen molar-refractivity contribution in [1.82, 2.24) is 9.78 Å². The summed E-state index contributed by atoms with van der Waals surface area (Å²) in [7, 11) is 0. The molecule has 2 aromatic carbocycles. The van der Waals surface area contributed by atoms with Gasteiger partial charge in [0.25, 0.3) is 0 Å². The van der Waals surface area contributed by atoms with Crippen molar-refractivity contribution in [3.63, 3.8) is 0 Å². The molecule has 24 heavy (non-hydrogen) atoms. The molecule has 0 aliphatic rings. The predicted octanol–water partition coefficient (Wildman–Crippen LogP) is 5.20. The largest absolute Gasteiger partial charge is 0.493 e. The Bertz CT molecular complexity index is 814. The van der Waals surface area contributed by atoms with E-state index in [0.717, 1.165) is 41.8 Å². The Labute approximate surface area is 143 Å². The van der Waals surface area contributed by atoms with Gasteiger partial charge in [-0.05, 0) is 44.4 Å². The number of aryl methyl sites for hydroxylation is 3. The summed E-state index contributed by atoms with van der Waals surface area (Å²) in [5.41, 5.74) is 6.11. The molecule has 0 saturated carbocycles. The Hall–Kier alpha value is -2.55. The minimum absolute atomic E-state index is 0.216. The van der Waals surface area contributed by atoms with Crippen molar-refractivity contribution in [1.29, 1.82) is 0 Å². The molecule has 0 aliphatic heterocycles. The summed E-state index contributed by atoms with van der Waals surface area (Å²) in [5.74, 6) is 0.216. The van der Waals surface area contributed by atoms with Crippen molar-refractivity contribution in [2.24, 2.45) is 0 Å². The van der Waals surface area contributed by atoms with Gasteiger partial charge < -0.3 is 5.11 Å². The Kier molecular flexibility index (Phi) is 4.70. The van der Waals surface area contributed by atoms with Crippen LogP contribution in [0, 0.1) is 13.8 Å². The fraction of sp³-hybridized carbons (Fsp3) is 0.286. The molecule has 124 valence electrons. The summed E-state index contributed by atoms with van der Waals surface area (Å²) in [4.78, 5) is 0. The standard InChI is InChI=1S/C21H24N2O/c1-4-5-6-19-20(17-11-7-15(2)8-12-17)21(24)23(22-19)18-13-9-16(3)10-14-18/h7-14,24H,4-6H2,1-3H3. The normalized spacial score (nSPS) is 11.0. The van der Waals surface area contributed by atoms with E-state index in [1.807, 2.05) is 24.3 Å². The van der Waals surface area contributed by atoms with Crippen molar-refractivity contribution in [3.8, 4) is 22.7 Å². The molecule has 0 spiro atoms. The molecule has 1 aromatic heterocycles. The van der Waals surface area contributed by atoms with Gasteiger partial charge in [0.1, 0.15) is 0 Å². The van der Waals surface area contributed by atoms with E-state index in [0.29, 0.717) is 0 Å². The maximum absolute atomic E-state index is 10.9. The summed E-state index contributed by atoms with van der Waals surface area (Å²) in [5, 5.41) is 15.6. The first kappa shape index (κ1) is 16.3. The molecule has 0 fully saturated rings. The number of rotatable bonds is 5. The molecular formula is C21H24N2O. The number of hydrogen-bond donors (Lipinski definition) is 1. The number of hydrogen-bond acceptors (Lipinski definition) is 2. The summed E-state index contributed by atoms with van der Waals surface area (Å²) < 4.78 is 1.65. The zero-order valence-electron chi connectivity index (χ0n) is 14.6. The van der Waals surface area contributed by atoms with E-state index in [9.17, 15) is 5.11 Å². The molecule has 3 heteroatoms. The number of nitrogens with zero attached hydrogens (tertiary/aromatic N) is 2. The van der Waals surface area contributed by atoms with E-state index in [-0.39, 0.29) is 5.88 Å². The Balaban J connectivity index is 2.11. The Morgan fingerprint density at radius 2 is 1.50 bits per heavy atom. The van der Waals surface area contributed by atoms with Crippen LogP contribution in [0.25, 0.3) is 16.8 Å². The highest BCUT2D eigenvalue weighted by Crippen LogP contribution is 2.35. The van der Waals surface area contributed by atoms with Crippen LogP contribution in [0.4, 0.5) is 0 Å². The van der Waals surface area contributed by atoms with Gasteiger partial charge >= 0.3 is 0 Å². The molecule has 1 heterocycles. The lowest BCUT2D eigenvalue weighted by molar-refractivity contribution is 0.435. The summed E-state index contributed by atoms with van der Waals surface area (Å²) >= 11 is 0. The minimum atomic E-state index is 0.216. The van der Waals surface area contributed by atoms with Crippen LogP contribution in [0.2, 0.25) is 0 Å². The fourth-order valence-electron chi connectivity index (χ4n) is 2.85. The number of aromatic nitrogens is 2. The van der Waals surface area contributed by atoms with Crippen LogP contribution in [0.3, 0.4) is 0 Å². The predicted molar refractivity (Wildman–Crippen MR) is 98.8 cm³/mol. The number of unbranched alkanes of at least 4 members (excludes halogenated alkanes) is 1. The molecule has 1 N–H and O–H groups in total. The van der Waals surface area contributed by atoms with Crippen molar-refractivity contribution >= 4 is 0 Å². The van der Waals surface area contributed by atoms with Crippen LogP contribution in [0.15, 0.2) is 48.5 Å². The molecule has 0 aliphatic carbocycles. The van der Waals surface area contributed by atoms with Gasteiger partial charge in [-0.2, -0.15) is 5.10 Å². The van der Waals surface area contributed by atoms with Crippen LogP contribution in [-0.2, 0) is 6.42 Å². The van der Waals surface area contributed by atoms with Gasteiger partial charge in [0, 0.05) is 0 Å². The van der Waals surface area contributed by atoms with Gasteiger partial charge in [0.15, 0.2) is 0 Å². The molecule has 0 unspecified atom stereocenters. The van der Waals surface area contributed by atoms with E-state index in [1.54, 1.807) is 4.68 Å². The van der Waals surface area contributed by atoms with Crippen LogP contribution in [0.1, 0.15) is 36.6 Å². The Morgan fingerprint density at radius 1 is 0.917 bits per heavy atom. The zero-order valence-corrected chi connectivity index (χ0v) is 14.6. The zero-order chi connectivity index (χ0) is 17.1. The monoisotopic (exact) mass is 320 g/mol. The quantitative estimate of drug-likeness (QED) is 0.701. The third-order valence-electron chi connectivity index (χ3n) is 4.32. The second kappa shape index (κ2) is 6.91. The highest BCUT2D eigenvalue weighted by Gasteiger charge is 2.19. The van der Waals surface area contributed by atoms with Crippen LogP contribution in [0.5, 0.6) is 5.88 Å². The van der Waals surface area contributed by atoms with Crippen LogP contribution in [-0.4, -0.2) is 14.9 Å². The van der Waals surface area contributed by atoms with Gasteiger partial charge in [-0.1, -0.05) is 60.9 Å². The van der Waals surface area contributed by atoms with Gasteiger partial charge in [0.2, 0.25) is 5.88 Å². The Morgan fingerprint density at radius 3 is 2.08 bits per heavy atom. The lowest BCUT2D eigenvalue weighted by Gasteiger charge is -2.05. The maximum Gasteiger partial charge on any atom is 0.222 e. The van der Waals surface area contributed by atoms with E-state index < -0.39 is 0 Å². The average molecular weight is 320 g/mol. The molecule has 3 rings (SSSR count). The van der Waals surface area contributed by atoms with Gasteiger partial charge in [-0.25, -0.2) is 4.68 Å². The fourth-order valence-corrected chi connectivity index (χ4v) is 2.85. The lowest BCUT2D eigenvalue weighted by Crippen LogP contribution is -1.97. The van der Waals surface area contributed by atoms with Crippen molar-refractivity contribution in [3.05, 3.63) is 65.4 Å². The molecule has 0 bridgehead atoms. The maximum atomic E-state index is 10.9. The van der Waals surface area contributed by atoms with E-state index in [4.69, 9.17) is 5.10 Å². The second-order valence-electron chi connectivity index (χ2n) is 6.36. The third kappa shape index (κ3) is 3.21. The van der Waals surface area contributed by atoms with Crippen LogP contribution >= 0.6 is 0 Å². The average Bonchev–Trinajstić information content (AvgIpc) is 2.91. The number of benzene rings is 2. The highest BCUT2D eigenvalue weighted by molar-refractivity contribution is 5.72. The lowest BCUT2D eigenvalue weighted by atomic mass is 10.0. The summed E-state index contributed by atoms with van der Waals surface area (Å²) in [6, 6.07) is 16.3. The van der Waals surface area contributed by atoms with Crippen molar-refractivity contribution in [2.75, 3.05) is 0 Å². The number of aromatic hydroxyl groups is 1. The van der Waals surface area contributed by atoms with Crippen LogP contribution < -0.4 is 0 Å². The molecule has 3 nitrogen and oxygen atoms in total. The summed E-state index contributed by atoms with van der Waals surface area (Å²) in [6.45, 7) is 6.29. The van der Waals surface area contributed by atoms with E-state index in [1.165, 1.54) is 11.1 Å². The molecular weight excluding hydrogens is 296 g/mol. The first-order valence-corrected chi connectivity index (χ1v) is 8.55. The smallest absolute Gasteiger partial charge is 0.222 e. The molecule has 3 aromatic rings. The second-order valence-corrected chi connectivity index (χ2v) is 6.36. The van der Waals surface area contributed by atoms with Gasteiger partial charge in [-0.3, -0.25) is 0 Å². The topological polar surface area (TPSA) is 38.0 Å². The minimum Gasteiger partial charge on any atom is -0.493 e. The molecule has 0 saturated heterocycles. The van der Waals surface area contributed by atoms with Crippen molar-refractivity contribution in [2.45, 2.75) is 40.0 Å². The first-order valence-electron chi connectivity index (χ1n) is 8.55. The molecule has 0 amide bonds. The third-order valence-corrected chi connectivity index (χ3v) is 4.32. The van der Waals surface area contributed by atoms with Crippen molar-refractivity contribution < 1.29 is 5.11 Å².